The zero-order valence-corrected chi connectivity index (χ0v) is 18.2. The summed E-state index contributed by atoms with van der Waals surface area (Å²) in [6.45, 7) is 9.17. The van der Waals surface area contributed by atoms with E-state index in [2.05, 4.69) is 45.1 Å². The SMILES string of the molecule is CCCCCCCOc1ccc(C2(C)Nc3ccccc3C(=O)N2C(C)C)cc1. The molecular formula is C25H34N2O2. The zero-order chi connectivity index (χ0) is 20.9. The number of anilines is 1. The van der Waals surface area contributed by atoms with E-state index in [9.17, 15) is 4.79 Å². The summed E-state index contributed by atoms with van der Waals surface area (Å²) in [5, 5.41) is 3.61. The molecule has 1 aliphatic rings. The fraction of sp³-hybridized carbons (Fsp3) is 0.480. The summed E-state index contributed by atoms with van der Waals surface area (Å²) in [5.41, 5.74) is 2.04. The van der Waals surface area contributed by atoms with Crippen LogP contribution in [0.2, 0.25) is 0 Å². The fourth-order valence-electron chi connectivity index (χ4n) is 4.17. The predicted octanol–water partition coefficient (Wildman–Crippen LogP) is 6.18. The molecule has 0 fully saturated rings. The summed E-state index contributed by atoms with van der Waals surface area (Å²) in [6, 6.07) is 15.9. The van der Waals surface area contributed by atoms with E-state index < -0.39 is 5.66 Å². The molecule has 0 aromatic heterocycles. The number of rotatable bonds is 9. The molecule has 4 nitrogen and oxygen atoms in total. The van der Waals surface area contributed by atoms with Crippen molar-refractivity contribution in [2.24, 2.45) is 0 Å². The molecule has 2 aromatic carbocycles. The fourth-order valence-corrected chi connectivity index (χ4v) is 4.17. The zero-order valence-electron chi connectivity index (χ0n) is 18.2. The van der Waals surface area contributed by atoms with Gasteiger partial charge in [-0.2, -0.15) is 0 Å². The summed E-state index contributed by atoms with van der Waals surface area (Å²) in [4.78, 5) is 15.2. The Kier molecular flexibility index (Phi) is 6.83. The van der Waals surface area contributed by atoms with Gasteiger partial charge in [0.1, 0.15) is 11.4 Å². The second-order valence-electron chi connectivity index (χ2n) is 8.30. The monoisotopic (exact) mass is 394 g/mol. The lowest BCUT2D eigenvalue weighted by atomic mass is 9.92. The van der Waals surface area contributed by atoms with Crippen molar-refractivity contribution in [3.05, 3.63) is 59.7 Å². The topological polar surface area (TPSA) is 41.6 Å². The molecule has 0 saturated carbocycles. The molecule has 1 aliphatic heterocycles. The Hall–Kier alpha value is -2.49. The minimum Gasteiger partial charge on any atom is -0.494 e. The summed E-state index contributed by atoms with van der Waals surface area (Å²) in [6.07, 6.45) is 6.15. The number of ether oxygens (including phenoxy) is 1. The first-order valence-electron chi connectivity index (χ1n) is 10.9. The maximum atomic E-state index is 13.2. The first-order chi connectivity index (χ1) is 14.0. The normalized spacial score (nSPS) is 18.5. The number of nitrogens with one attached hydrogen (secondary N) is 1. The lowest BCUT2D eigenvalue weighted by Crippen LogP contribution is -2.58. The van der Waals surface area contributed by atoms with Crippen molar-refractivity contribution in [1.82, 2.24) is 4.90 Å². The largest absolute Gasteiger partial charge is 0.494 e. The van der Waals surface area contributed by atoms with Gasteiger partial charge < -0.3 is 15.0 Å². The van der Waals surface area contributed by atoms with Gasteiger partial charge in [-0.3, -0.25) is 4.79 Å². The Balaban J connectivity index is 1.75. The second kappa shape index (κ2) is 9.34. The van der Waals surface area contributed by atoms with E-state index in [1.807, 2.05) is 41.3 Å². The number of fused-ring (bicyclic) bond motifs is 1. The first kappa shape index (κ1) is 21.2. The highest BCUT2D eigenvalue weighted by atomic mass is 16.5. The van der Waals surface area contributed by atoms with Crippen molar-refractivity contribution in [3.8, 4) is 5.75 Å². The lowest BCUT2D eigenvalue weighted by Gasteiger charge is -2.48. The van der Waals surface area contributed by atoms with E-state index in [0.29, 0.717) is 0 Å². The molecule has 0 radical (unpaired) electrons. The average Bonchev–Trinajstić information content (AvgIpc) is 2.71. The summed E-state index contributed by atoms with van der Waals surface area (Å²) in [7, 11) is 0. The van der Waals surface area contributed by atoms with Crippen molar-refractivity contribution >= 4 is 11.6 Å². The molecule has 1 atom stereocenters. The van der Waals surface area contributed by atoms with Crippen LogP contribution in [-0.2, 0) is 5.66 Å². The van der Waals surface area contributed by atoms with Crippen LogP contribution in [-0.4, -0.2) is 23.5 Å². The van der Waals surface area contributed by atoms with Crippen LogP contribution in [0.1, 0.15) is 75.7 Å². The molecule has 0 saturated heterocycles. The molecule has 1 N–H and O–H groups in total. The van der Waals surface area contributed by atoms with Gasteiger partial charge in [0, 0.05) is 11.7 Å². The van der Waals surface area contributed by atoms with Gasteiger partial charge >= 0.3 is 0 Å². The number of carbonyl (C=O) groups excluding carboxylic acids is 1. The number of unbranched alkanes of at least 4 members (excludes halogenated alkanes) is 4. The maximum Gasteiger partial charge on any atom is 0.258 e. The number of amides is 1. The molecule has 1 heterocycles. The van der Waals surface area contributed by atoms with Crippen molar-refractivity contribution in [1.29, 1.82) is 0 Å². The molecule has 1 unspecified atom stereocenters. The van der Waals surface area contributed by atoms with Gasteiger partial charge in [-0.05, 0) is 57.0 Å². The molecular weight excluding hydrogens is 360 g/mol. The van der Waals surface area contributed by atoms with Crippen molar-refractivity contribution in [3.63, 3.8) is 0 Å². The van der Waals surface area contributed by atoms with E-state index >= 15 is 0 Å². The average molecular weight is 395 g/mol. The number of nitrogens with zero attached hydrogens (tertiary/aromatic N) is 1. The van der Waals surface area contributed by atoms with Gasteiger partial charge in [0.25, 0.3) is 5.91 Å². The predicted molar refractivity (Wildman–Crippen MR) is 119 cm³/mol. The van der Waals surface area contributed by atoms with Crippen LogP contribution >= 0.6 is 0 Å². The third-order valence-corrected chi connectivity index (χ3v) is 5.69. The quantitative estimate of drug-likeness (QED) is 0.516. The smallest absolute Gasteiger partial charge is 0.258 e. The molecule has 2 aromatic rings. The Bertz CT molecular complexity index is 816. The van der Waals surface area contributed by atoms with E-state index in [-0.39, 0.29) is 11.9 Å². The van der Waals surface area contributed by atoms with Crippen LogP contribution < -0.4 is 10.1 Å². The first-order valence-corrected chi connectivity index (χ1v) is 10.9. The van der Waals surface area contributed by atoms with Crippen LogP contribution in [0, 0.1) is 0 Å². The molecule has 3 rings (SSSR count). The van der Waals surface area contributed by atoms with Crippen molar-refractivity contribution < 1.29 is 9.53 Å². The highest BCUT2D eigenvalue weighted by Crippen LogP contribution is 2.39. The summed E-state index contributed by atoms with van der Waals surface area (Å²) >= 11 is 0. The molecule has 0 spiro atoms. The van der Waals surface area contributed by atoms with Gasteiger partial charge in [-0.1, -0.05) is 56.9 Å². The highest BCUT2D eigenvalue weighted by molar-refractivity contribution is 6.02. The van der Waals surface area contributed by atoms with E-state index in [1.165, 1.54) is 25.7 Å². The summed E-state index contributed by atoms with van der Waals surface area (Å²) < 4.78 is 5.91. The van der Waals surface area contributed by atoms with Crippen LogP contribution in [0.25, 0.3) is 0 Å². The molecule has 29 heavy (non-hydrogen) atoms. The molecule has 0 aliphatic carbocycles. The van der Waals surface area contributed by atoms with Gasteiger partial charge in [-0.15, -0.1) is 0 Å². The molecule has 4 heteroatoms. The standard InChI is InChI=1S/C25H34N2O2/c1-5-6-7-8-11-18-29-21-16-14-20(15-17-21)25(4)26-23-13-10-9-12-22(23)24(28)27(25)19(2)3/h9-10,12-17,19,26H,5-8,11,18H2,1-4H3. The van der Waals surface area contributed by atoms with E-state index in [1.54, 1.807) is 0 Å². The molecule has 0 bridgehead atoms. The third-order valence-electron chi connectivity index (χ3n) is 5.69. The molecule has 156 valence electrons. The maximum absolute atomic E-state index is 13.2. The second-order valence-corrected chi connectivity index (χ2v) is 8.30. The van der Waals surface area contributed by atoms with Crippen molar-refractivity contribution in [2.45, 2.75) is 71.5 Å². The van der Waals surface area contributed by atoms with Crippen LogP contribution in [0.15, 0.2) is 48.5 Å². The lowest BCUT2D eigenvalue weighted by molar-refractivity contribution is 0.0433. The number of hydrogen-bond acceptors (Lipinski definition) is 3. The van der Waals surface area contributed by atoms with Gasteiger partial charge in [0.05, 0.1) is 12.2 Å². The third kappa shape index (κ3) is 4.58. The van der Waals surface area contributed by atoms with Crippen LogP contribution in [0.4, 0.5) is 5.69 Å². The Morgan fingerprint density at radius 2 is 1.69 bits per heavy atom. The van der Waals surface area contributed by atoms with Crippen molar-refractivity contribution in [2.75, 3.05) is 11.9 Å². The highest BCUT2D eigenvalue weighted by Gasteiger charge is 2.43. The van der Waals surface area contributed by atoms with Gasteiger partial charge in [0.15, 0.2) is 0 Å². The molecule has 1 amide bonds. The van der Waals surface area contributed by atoms with Crippen LogP contribution in [0.3, 0.4) is 0 Å². The van der Waals surface area contributed by atoms with E-state index in [0.717, 1.165) is 35.6 Å². The number of hydrogen-bond donors (Lipinski definition) is 1. The Labute approximate surface area is 175 Å². The minimum absolute atomic E-state index is 0.0595. The Morgan fingerprint density at radius 3 is 2.38 bits per heavy atom. The van der Waals surface area contributed by atoms with Crippen LogP contribution in [0.5, 0.6) is 5.75 Å². The van der Waals surface area contributed by atoms with Gasteiger partial charge in [0.2, 0.25) is 0 Å². The number of benzene rings is 2. The van der Waals surface area contributed by atoms with E-state index in [4.69, 9.17) is 4.74 Å². The Morgan fingerprint density at radius 1 is 1.00 bits per heavy atom. The van der Waals surface area contributed by atoms with Gasteiger partial charge in [-0.25, -0.2) is 0 Å². The number of para-hydroxylation sites is 1. The number of carbonyl (C=O) groups is 1. The minimum atomic E-state index is -0.613. The summed E-state index contributed by atoms with van der Waals surface area (Å²) in [5.74, 6) is 0.940.